The second-order valence-corrected chi connectivity index (χ2v) is 4.69. The van der Waals surface area contributed by atoms with E-state index in [9.17, 15) is 0 Å². The van der Waals surface area contributed by atoms with Crippen LogP contribution in [0.1, 0.15) is 16.7 Å². The number of anilines is 5. The molecule has 0 aliphatic heterocycles. The van der Waals surface area contributed by atoms with Crippen LogP contribution in [0.5, 0.6) is 0 Å². The Balaban J connectivity index is 3.22. The zero-order chi connectivity index (χ0) is 13.8. The second kappa shape index (κ2) is 3.60. The van der Waals surface area contributed by atoms with Gasteiger partial charge in [0.25, 0.3) is 0 Å². The van der Waals surface area contributed by atoms with Gasteiger partial charge in [-0.05, 0) is 37.5 Å². The molecule has 96 valence electrons. The van der Waals surface area contributed by atoms with E-state index >= 15 is 0 Å². The molecule has 10 N–H and O–H groups in total. The zero-order valence-electron chi connectivity index (χ0n) is 10.9. The fourth-order valence-corrected chi connectivity index (χ4v) is 2.28. The Hall–Kier alpha value is -2.30. The van der Waals surface area contributed by atoms with Gasteiger partial charge in [0.15, 0.2) is 0 Å². The highest BCUT2D eigenvalue weighted by molar-refractivity contribution is 6.18. The second-order valence-electron chi connectivity index (χ2n) is 4.69. The van der Waals surface area contributed by atoms with Crippen LogP contribution in [0.25, 0.3) is 10.8 Å². The number of hydrogen-bond acceptors (Lipinski definition) is 5. The average Bonchev–Trinajstić information content (AvgIpc) is 2.35. The van der Waals surface area contributed by atoms with Crippen LogP contribution in [0.15, 0.2) is 0 Å². The quantitative estimate of drug-likeness (QED) is 0.451. The summed E-state index contributed by atoms with van der Waals surface area (Å²) in [7, 11) is 0. The molecule has 18 heavy (non-hydrogen) atoms. The fourth-order valence-electron chi connectivity index (χ4n) is 2.28. The van der Waals surface area contributed by atoms with Gasteiger partial charge in [0.05, 0.1) is 11.4 Å². The Morgan fingerprint density at radius 2 is 0.778 bits per heavy atom. The first-order chi connectivity index (χ1) is 8.29. The maximum Gasteiger partial charge on any atom is 0.0653 e. The molecule has 0 atom stereocenters. The van der Waals surface area contributed by atoms with Crippen LogP contribution < -0.4 is 28.7 Å². The van der Waals surface area contributed by atoms with Crippen molar-refractivity contribution in [1.82, 2.24) is 0 Å². The molecule has 0 unspecified atom stereocenters. The van der Waals surface area contributed by atoms with E-state index in [4.69, 9.17) is 28.7 Å². The lowest BCUT2D eigenvalue weighted by molar-refractivity contribution is 1.37. The minimum Gasteiger partial charge on any atom is -0.398 e. The van der Waals surface area contributed by atoms with Crippen LogP contribution in [0.2, 0.25) is 0 Å². The molecule has 2 aromatic rings. The number of nitrogens with two attached hydrogens (primary N) is 5. The summed E-state index contributed by atoms with van der Waals surface area (Å²) < 4.78 is 0. The molecule has 0 aliphatic rings. The van der Waals surface area contributed by atoms with Gasteiger partial charge in [-0.15, -0.1) is 0 Å². The maximum absolute atomic E-state index is 6.14. The Morgan fingerprint density at radius 3 is 1.22 bits per heavy atom. The molecule has 0 amide bonds. The van der Waals surface area contributed by atoms with Crippen LogP contribution in [0, 0.1) is 20.8 Å². The molecule has 0 bridgehead atoms. The van der Waals surface area contributed by atoms with Gasteiger partial charge in [-0.25, -0.2) is 0 Å². The summed E-state index contributed by atoms with van der Waals surface area (Å²) in [6, 6.07) is 0. The van der Waals surface area contributed by atoms with Crippen molar-refractivity contribution in [3.63, 3.8) is 0 Å². The molecule has 2 rings (SSSR count). The minimum absolute atomic E-state index is 0.448. The predicted octanol–water partition coefficient (Wildman–Crippen LogP) is 1.68. The van der Waals surface area contributed by atoms with E-state index < -0.39 is 0 Å². The molecule has 0 saturated heterocycles. The van der Waals surface area contributed by atoms with Crippen molar-refractivity contribution in [2.75, 3.05) is 28.7 Å². The monoisotopic (exact) mass is 245 g/mol. The molecule has 0 aliphatic carbocycles. The van der Waals surface area contributed by atoms with Gasteiger partial charge in [-0.1, -0.05) is 0 Å². The molecule has 0 spiro atoms. The maximum atomic E-state index is 6.14. The highest BCUT2D eigenvalue weighted by atomic mass is 14.7. The fraction of sp³-hybridized carbons (Fsp3) is 0.231. The molecule has 0 aromatic heterocycles. The lowest BCUT2D eigenvalue weighted by Crippen LogP contribution is -2.08. The number of nitrogen functional groups attached to an aromatic ring is 5. The SMILES string of the molecule is Cc1c(C)c(N)c2c(N)c(N)c(C)c(N)c2c1N. The third-order valence-electron chi connectivity index (χ3n) is 3.80. The Kier molecular flexibility index (Phi) is 2.43. The molecular formula is C13H19N5. The van der Waals surface area contributed by atoms with Crippen molar-refractivity contribution in [1.29, 1.82) is 0 Å². The third-order valence-corrected chi connectivity index (χ3v) is 3.80. The first kappa shape index (κ1) is 12.2. The Morgan fingerprint density at radius 1 is 0.444 bits per heavy atom. The molecule has 0 radical (unpaired) electrons. The van der Waals surface area contributed by atoms with Crippen molar-refractivity contribution >= 4 is 39.2 Å². The highest BCUT2D eigenvalue weighted by Gasteiger charge is 2.19. The summed E-state index contributed by atoms with van der Waals surface area (Å²) in [5.74, 6) is 0. The van der Waals surface area contributed by atoms with Crippen LogP contribution in [0.3, 0.4) is 0 Å². The van der Waals surface area contributed by atoms with Crippen LogP contribution >= 0.6 is 0 Å². The topological polar surface area (TPSA) is 130 Å². The van der Waals surface area contributed by atoms with Crippen LogP contribution in [0.4, 0.5) is 28.4 Å². The third kappa shape index (κ3) is 1.27. The summed E-state index contributed by atoms with van der Waals surface area (Å²) in [6.07, 6.45) is 0. The normalized spacial score (nSPS) is 11.1. The van der Waals surface area contributed by atoms with Crippen molar-refractivity contribution in [3.05, 3.63) is 16.7 Å². The standard InChI is InChI=1S/C13H19N5/c1-4-5(2)10(15)8-7(9(4)14)11(16)6(3)12(17)13(8)18/h14-18H2,1-3H3. The van der Waals surface area contributed by atoms with Gasteiger partial charge < -0.3 is 28.7 Å². The summed E-state index contributed by atoms with van der Waals surface area (Å²) in [6.45, 7) is 5.65. The largest absolute Gasteiger partial charge is 0.398 e. The molecule has 0 fully saturated rings. The lowest BCUT2D eigenvalue weighted by Gasteiger charge is -2.19. The molecule has 2 aromatic carbocycles. The number of benzene rings is 2. The van der Waals surface area contributed by atoms with E-state index in [0.29, 0.717) is 39.2 Å². The van der Waals surface area contributed by atoms with Crippen molar-refractivity contribution in [3.8, 4) is 0 Å². The van der Waals surface area contributed by atoms with Crippen LogP contribution in [-0.2, 0) is 0 Å². The number of rotatable bonds is 0. The number of hydrogen-bond donors (Lipinski definition) is 5. The average molecular weight is 245 g/mol. The van der Waals surface area contributed by atoms with Gasteiger partial charge in [-0.3, -0.25) is 0 Å². The molecule has 5 heteroatoms. The van der Waals surface area contributed by atoms with Crippen LogP contribution in [-0.4, -0.2) is 0 Å². The Labute approximate surface area is 106 Å². The van der Waals surface area contributed by atoms with E-state index in [1.165, 1.54) is 0 Å². The minimum atomic E-state index is 0.448. The van der Waals surface area contributed by atoms with Crippen molar-refractivity contribution in [2.24, 2.45) is 0 Å². The summed E-state index contributed by atoms with van der Waals surface area (Å²) in [5.41, 5.74) is 35.6. The van der Waals surface area contributed by atoms with Crippen molar-refractivity contribution in [2.45, 2.75) is 20.8 Å². The molecular weight excluding hydrogens is 226 g/mol. The van der Waals surface area contributed by atoms with Gasteiger partial charge in [0.2, 0.25) is 0 Å². The molecule has 0 heterocycles. The Bertz CT molecular complexity index is 560. The van der Waals surface area contributed by atoms with E-state index in [1.54, 1.807) is 0 Å². The highest BCUT2D eigenvalue weighted by Crippen LogP contribution is 2.44. The van der Waals surface area contributed by atoms with E-state index in [2.05, 4.69) is 0 Å². The summed E-state index contributed by atoms with van der Waals surface area (Å²) in [4.78, 5) is 0. The van der Waals surface area contributed by atoms with Gasteiger partial charge in [0, 0.05) is 27.8 Å². The number of fused-ring (bicyclic) bond motifs is 1. The van der Waals surface area contributed by atoms with E-state index in [-0.39, 0.29) is 0 Å². The lowest BCUT2D eigenvalue weighted by atomic mass is 9.93. The van der Waals surface area contributed by atoms with Gasteiger partial charge >= 0.3 is 0 Å². The van der Waals surface area contributed by atoms with E-state index in [0.717, 1.165) is 16.7 Å². The first-order valence-electron chi connectivity index (χ1n) is 5.69. The van der Waals surface area contributed by atoms with Gasteiger partial charge in [0.1, 0.15) is 0 Å². The summed E-state index contributed by atoms with van der Waals surface area (Å²) in [5, 5.41) is 1.37. The molecule has 5 nitrogen and oxygen atoms in total. The zero-order valence-corrected chi connectivity index (χ0v) is 10.9. The first-order valence-corrected chi connectivity index (χ1v) is 5.69. The molecule has 0 saturated carbocycles. The van der Waals surface area contributed by atoms with Crippen molar-refractivity contribution < 1.29 is 0 Å². The smallest absolute Gasteiger partial charge is 0.0653 e. The van der Waals surface area contributed by atoms with Gasteiger partial charge in [-0.2, -0.15) is 0 Å². The van der Waals surface area contributed by atoms with E-state index in [1.807, 2.05) is 20.8 Å². The summed E-state index contributed by atoms with van der Waals surface area (Å²) >= 11 is 0. The predicted molar refractivity (Wildman–Crippen MR) is 80.2 cm³/mol.